The van der Waals surface area contributed by atoms with Crippen molar-refractivity contribution in [1.29, 1.82) is 0 Å². The highest BCUT2D eigenvalue weighted by Crippen LogP contribution is 2.34. The highest BCUT2D eigenvalue weighted by atomic mass is 32.2. The van der Waals surface area contributed by atoms with Gasteiger partial charge in [0.1, 0.15) is 0 Å². The zero-order valence-corrected chi connectivity index (χ0v) is 13.7. The number of nitrogens with one attached hydrogen (secondary N) is 2. The molecule has 1 aliphatic heterocycles. The molecule has 1 aromatic carbocycles. The number of fused-ring (bicyclic) bond motifs is 1. The first kappa shape index (κ1) is 14.5. The lowest BCUT2D eigenvalue weighted by molar-refractivity contribution is -0.113. The summed E-state index contributed by atoms with van der Waals surface area (Å²) in [6, 6.07) is 10.8. The lowest BCUT2D eigenvalue weighted by Gasteiger charge is -2.19. The van der Waals surface area contributed by atoms with Crippen molar-refractivity contribution in [2.75, 3.05) is 16.4 Å². The Balaban J connectivity index is 1.75. The third-order valence-corrected chi connectivity index (χ3v) is 5.94. The van der Waals surface area contributed by atoms with Crippen molar-refractivity contribution in [3.05, 3.63) is 40.1 Å². The SMILES string of the molecule is CCc1ccc(C(C)Nc2ccc3c(c2)NC(=O)CS3)s1. The van der Waals surface area contributed by atoms with Gasteiger partial charge in [0.2, 0.25) is 5.91 Å². The number of aryl methyl sites for hydroxylation is 1. The van der Waals surface area contributed by atoms with Crippen LogP contribution in [0.4, 0.5) is 11.4 Å². The fourth-order valence-electron chi connectivity index (χ4n) is 2.31. The third kappa shape index (κ3) is 3.24. The van der Waals surface area contributed by atoms with E-state index in [1.807, 2.05) is 17.4 Å². The summed E-state index contributed by atoms with van der Waals surface area (Å²) >= 11 is 3.44. The van der Waals surface area contributed by atoms with Gasteiger partial charge in [-0.25, -0.2) is 0 Å². The van der Waals surface area contributed by atoms with E-state index in [1.54, 1.807) is 11.8 Å². The lowest BCUT2D eigenvalue weighted by atomic mass is 10.2. The van der Waals surface area contributed by atoms with E-state index in [0.717, 1.165) is 22.7 Å². The minimum absolute atomic E-state index is 0.0727. The van der Waals surface area contributed by atoms with E-state index in [4.69, 9.17) is 0 Å². The molecule has 1 aliphatic rings. The fraction of sp³-hybridized carbons (Fsp3) is 0.312. The van der Waals surface area contributed by atoms with Crippen LogP contribution in [-0.4, -0.2) is 11.7 Å². The average molecular weight is 318 g/mol. The smallest absolute Gasteiger partial charge is 0.234 e. The average Bonchev–Trinajstić information content (AvgIpc) is 2.96. The predicted molar refractivity (Wildman–Crippen MR) is 91.5 cm³/mol. The van der Waals surface area contributed by atoms with Gasteiger partial charge in [0.05, 0.1) is 17.5 Å². The molecule has 0 spiro atoms. The largest absolute Gasteiger partial charge is 0.378 e. The van der Waals surface area contributed by atoms with Crippen molar-refractivity contribution >= 4 is 40.4 Å². The van der Waals surface area contributed by atoms with E-state index in [0.29, 0.717) is 5.75 Å². The molecule has 3 rings (SSSR count). The topological polar surface area (TPSA) is 41.1 Å². The molecule has 0 fully saturated rings. The van der Waals surface area contributed by atoms with Gasteiger partial charge in [0.25, 0.3) is 0 Å². The Hall–Kier alpha value is -1.46. The summed E-state index contributed by atoms with van der Waals surface area (Å²) in [5, 5.41) is 6.44. The van der Waals surface area contributed by atoms with Crippen molar-refractivity contribution in [1.82, 2.24) is 0 Å². The number of carbonyl (C=O) groups excluding carboxylic acids is 1. The highest BCUT2D eigenvalue weighted by molar-refractivity contribution is 8.00. The van der Waals surface area contributed by atoms with Crippen LogP contribution in [0.2, 0.25) is 0 Å². The Morgan fingerprint density at radius 2 is 2.19 bits per heavy atom. The zero-order valence-electron chi connectivity index (χ0n) is 12.1. The van der Waals surface area contributed by atoms with Gasteiger partial charge < -0.3 is 10.6 Å². The predicted octanol–water partition coefficient (Wildman–Crippen LogP) is 4.53. The van der Waals surface area contributed by atoms with Crippen LogP contribution in [0.25, 0.3) is 0 Å². The number of hydrogen-bond acceptors (Lipinski definition) is 4. The standard InChI is InChI=1S/C16H18N2OS2/c1-3-12-5-7-14(21-12)10(2)17-11-4-6-15-13(8-11)18-16(19)9-20-15/h4-8,10,17H,3,9H2,1-2H3,(H,18,19). The van der Waals surface area contributed by atoms with Crippen LogP contribution >= 0.6 is 23.1 Å². The molecule has 1 unspecified atom stereocenters. The number of anilines is 2. The molecule has 2 heterocycles. The molecule has 2 N–H and O–H groups in total. The first-order chi connectivity index (χ1) is 10.2. The van der Waals surface area contributed by atoms with Gasteiger partial charge in [-0.15, -0.1) is 23.1 Å². The molecular weight excluding hydrogens is 300 g/mol. The maximum absolute atomic E-state index is 11.5. The summed E-state index contributed by atoms with van der Waals surface area (Å²) in [5.41, 5.74) is 1.95. The van der Waals surface area contributed by atoms with Crippen molar-refractivity contribution in [2.24, 2.45) is 0 Å². The van der Waals surface area contributed by atoms with Crippen molar-refractivity contribution in [3.63, 3.8) is 0 Å². The zero-order chi connectivity index (χ0) is 14.8. The number of carbonyl (C=O) groups is 1. The minimum Gasteiger partial charge on any atom is -0.378 e. The van der Waals surface area contributed by atoms with E-state index in [2.05, 4.69) is 48.7 Å². The van der Waals surface area contributed by atoms with Gasteiger partial charge in [-0.2, -0.15) is 0 Å². The van der Waals surface area contributed by atoms with Crippen LogP contribution in [0.15, 0.2) is 35.2 Å². The Kier molecular flexibility index (Phi) is 4.22. The molecule has 0 aliphatic carbocycles. The van der Waals surface area contributed by atoms with Gasteiger partial charge in [-0.3, -0.25) is 4.79 Å². The maximum atomic E-state index is 11.5. The van der Waals surface area contributed by atoms with E-state index in [9.17, 15) is 4.79 Å². The van der Waals surface area contributed by atoms with Crippen LogP contribution in [0, 0.1) is 0 Å². The van der Waals surface area contributed by atoms with E-state index in [1.165, 1.54) is 9.75 Å². The molecule has 110 valence electrons. The molecule has 0 saturated carbocycles. The summed E-state index contributed by atoms with van der Waals surface area (Å²) in [7, 11) is 0. The van der Waals surface area contributed by atoms with Gasteiger partial charge in [-0.05, 0) is 43.7 Å². The minimum atomic E-state index is 0.0727. The molecule has 0 saturated heterocycles. The Labute approximate surface area is 133 Å². The Morgan fingerprint density at radius 3 is 2.95 bits per heavy atom. The second kappa shape index (κ2) is 6.12. The molecule has 3 nitrogen and oxygen atoms in total. The van der Waals surface area contributed by atoms with Crippen LogP contribution in [0.5, 0.6) is 0 Å². The molecule has 0 bridgehead atoms. The Bertz CT molecular complexity index is 666. The van der Waals surface area contributed by atoms with E-state index < -0.39 is 0 Å². The van der Waals surface area contributed by atoms with Gasteiger partial charge in [0, 0.05) is 20.3 Å². The van der Waals surface area contributed by atoms with Gasteiger partial charge in [-0.1, -0.05) is 6.92 Å². The molecule has 2 aromatic rings. The summed E-state index contributed by atoms with van der Waals surface area (Å²) in [4.78, 5) is 15.3. The second-order valence-electron chi connectivity index (χ2n) is 5.07. The number of rotatable bonds is 4. The lowest BCUT2D eigenvalue weighted by Crippen LogP contribution is -2.18. The van der Waals surface area contributed by atoms with Crippen molar-refractivity contribution in [2.45, 2.75) is 31.2 Å². The fourth-order valence-corrected chi connectivity index (χ4v) is 4.05. The van der Waals surface area contributed by atoms with Crippen molar-refractivity contribution < 1.29 is 4.79 Å². The summed E-state index contributed by atoms with van der Waals surface area (Å²) in [6.45, 7) is 4.34. The quantitative estimate of drug-likeness (QED) is 0.870. The number of benzene rings is 1. The van der Waals surface area contributed by atoms with Gasteiger partial charge in [0.15, 0.2) is 0 Å². The second-order valence-corrected chi connectivity index (χ2v) is 7.29. The van der Waals surface area contributed by atoms with Crippen LogP contribution in [0.3, 0.4) is 0 Å². The molecular formula is C16H18N2OS2. The van der Waals surface area contributed by atoms with Crippen LogP contribution in [-0.2, 0) is 11.2 Å². The highest BCUT2D eigenvalue weighted by Gasteiger charge is 2.16. The summed E-state index contributed by atoms with van der Waals surface area (Å²) < 4.78 is 0. The Morgan fingerprint density at radius 1 is 1.33 bits per heavy atom. The third-order valence-electron chi connectivity index (χ3n) is 3.45. The number of thiophene rings is 1. The normalized spacial score (nSPS) is 15.2. The first-order valence-electron chi connectivity index (χ1n) is 7.07. The summed E-state index contributed by atoms with van der Waals surface area (Å²) in [6.07, 6.45) is 1.08. The number of amides is 1. The monoisotopic (exact) mass is 318 g/mol. The molecule has 5 heteroatoms. The molecule has 1 atom stereocenters. The molecule has 21 heavy (non-hydrogen) atoms. The van der Waals surface area contributed by atoms with Crippen LogP contribution < -0.4 is 10.6 Å². The van der Waals surface area contributed by atoms with Crippen molar-refractivity contribution in [3.8, 4) is 0 Å². The molecule has 1 amide bonds. The van der Waals surface area contributed by atoms with E-state index >= 15 is 0 Å². The number of thioether (sulfide) groups is 1. The van der Waals surface area contributed by atoms with Gasteiger partial charge >= 0.3 is 0 Å². The van der Waals surface area contributed by atoms with E-state index in [-0.39, 0.29) is 11.9 Å². The maximum Gasteiger partial charge on any atom is 0.234 e. The molecule has 0 radical (unpaired) electrons. The number of hydrogen-bond donors (Lipinski definition) is 2. The van der Waals surface area contributed by atoms with Crippen LogP contribution in [0.1, 0.15) is 29.6 Å². The first-order valence-corrected chi connectivity index (χ1v) is 8.87. The summed E-state index contributed by atoms with van der Waals surface area (Å²) in [5.74, 6) is 0.578. The molecule has 1 aromatic heterocycles.